The molecule has 1 aliphatic heterocycles. The Morgan fingerprint density at radius 1 is 1.55 bits per heavy atom. The van der Waals surface area contributed by atoms with Gasteiger partial charge in [-0.3, -0.25) is 4.79 Å². The van der Waals surface area contributed by atoms with Gasteiger partial charge in [0.1, 0.15) is 5.82 Å². The number of nitrogens with zero attached hydrogens (tertiary/aromatic N) is 1. The Bertz CT molecular complexity index is 519. The van der Waals surface area contributed by atoms with Gasteiger partial charge < -0.3 is 9.64 Å². The van der Waals surface area contributed by atoms with Crippen LogP contribution < -0.4 is 0 Å². The van der Waals surface area contributed by atoms with Crippen molar-refractivity contribution in [3.8, 4) is 0 Å². The first-order valence-electron chi connectivity index (χ1n) is 6.61. The fourth-order valence-electron chi connectivity index (χ4n) is 2.49. The van der Waals surface area contributed by atoms with Crippen molar-refractivity contribution in [1.29, 1.82) is 0 Å². The first-order chi connectivity index (χ1) is 9.32. The summed E-state index contributed by atoms with van der Waals surface area (Å²) in [7, 11) is 0. The Morgan fingerprint density at radius 3 is 2.85 bits per heavy atom. The third-order valence-corrected chi connectivity index (χ3v) is 4.02. The van der Waals surface area contributed by atoms with Crippen molar-refractivity contribution in [3.05, 3.63) is 35.1 Å². The summed E-state index contributed by atoms with van der Waals surface area (Å²) in [5, 5.41) is 0.649. The molecule has 1 saturated heterocycles. The molecule has 1 aromatic carbocycles. The minimum absolute atomic E-state index is 0.0730. The monoisotopic (exact) mass is 343 g/mol. The van der Waals surface area contributed by atoms with Gasteiger partial charge in [0.15, 0.2) is 0 Å². The maximum absolute atomic E-state index is 13.9. The van der Waals surface area contributed by atoms with E-state index in [0.717, 1.165) is 5.56 Å². The summed E-state index contributed by atoms with van der Waals surface area (Å²) >= 11 is 3.38. The molecule has 1 atom stereocenters. The molecule has 1 heterocycles. The number of hydrogen-bond acceptors (Lipinski definition) is 2. The van der Waals surface area contributed by atoms with Crippen molar-refractivity contribution in [3.63, 3.8) is 0 Å². The summed E-state index contributed by atoms with van der Waals surface area (Å²) in [4.78, 5) is 14.2. The van der Waals surface area contributed by atoms with Crippen molar-refractivity contribution in [2.45, 2.75) is 32.5 Å². The summed E-state index contributed by atoms with van der Waals surface area (Å²) in [6.45, 7) is 6.61. The van der Waals surface area contributed by atoms with Gasteiger partial charge in [0, 0.05) is 18.4 Å². The van der Waals surface area contributed by atoms with Crippen LogP contribution in [0.3, 0.4) is 0 Å². The van der Waals surface area contributed by atoms with Crippen molar-refractivity contribution < 1.29 is 13.9 Å². The molecule has 0 spiro atoms. The van der Waals surface area contributed by atoms with Crippen molar-refractivity contribution in [1.82, 2.24) is 4.90 Å². The van der Waals surface area contributed by atoms with Crippen LogP contribution in [0.2, 0.25) is 0 Å². The molecule has 0 radical (unpaired) electrons. The lowest BCUT2D eigenvalue weighted by Gasteiger charge is -2.42. The van der Waals surface area contributed by atoms with Crippen LogP contribution in [0.5, 0.6) is 0 Å². The lowest BCUT2D eigenvalue weighted by Crippen LogP contribution is -2.55. The molecular formula is C15H19BrFNO2. The number of morpholine rings is 1. The number of aryl methyl sites for hydroxylation is 1. The first-order valence-corrected chi connectivity index (χ1v) is 7.74. The van der Waals surface area contributed by atoms with Crippen molar-refractivity contribution in [2.24, 2.45) is 0 Å². The zero-order chi connectivity index (χ0) is 14.9. The number of ether oxygens (including phenoxy) is 1. The summed E-state index contributed by atoms with van der Waals surface area (Å²) in [5.41, 5.74) is 0.509. The Morgan fingerprint density at radius 2 is 2.25 bits per heavy atom. The highest BCUT2D eigenvalue weighted by Gasteiger charge is 2.36. The van der Waals surface area contributed by atoms with Gasteiger partial charge >= 0.3 is 0 Å². The normalized spacial score (nSPS) is 21.9. The molecule has 3 nitrogen and oxygen atoms in total. The SMILES string of the molecule is Cc1ccc(C(=O)N2CC(CBr)OC(C)(C)C2)c(F)c1. The first kappa shape index (κ1) is 15.4. The van der Waals surface area contributed by atoms with Gasteiger partial charge in [-0.2, -0.15) is 0 Å². The van der Waals surface area contributed by atoms with E-state index in [0.29, 0.717) is 18.4 Å². The second-order valence-electron chi connectivity index (χ2n) is 5.82. The molecule has 2 rings (SSSR count). The Labute approximate surface area is 127 Å². The fourth-order valence-corrected chi connectivity index (χ4v) is 2.83. The van der Waals surface area contributed by atoms with Crippen molar-refractivity contribution >= 4 is 21.8 Å². The minimum atomic E-state index is -0.463. The van der Waals surface area contributed by atoms with Gasteiger partial charge in [-0.15, -0.1) is 0 Å². The molecule has 1 aliphatic rings. The zero-order valence-corrected chi connectivity index (χ0v) is 13.5. The number of hydrogen-bond donors (Lipinski definition) is 0. The van der Waals surface area contributed by atoms with E-state index in [-0.39, 0.29) is 17.6 Å². The smallest absolute Gasteiger partial charge is 0.257 e. The molecule has 110 valence electrons. The number of carbonyl (C=O) groups excluding carboxylic acids is 1. The summed E-state index contributed by atoms with van der Waals surface area (Å²) in [5.74, 6) is -0.737. The molecule has 1 unspecified atom stereocenters. The molecule has 1 amide bonds. The van der Waals surface area contributed by atoms with Crippen LogP contribution in [0.15, 0.2) is 18.2 Å². The highest BCUT2D eigenvalue weighted by atomic mass is 79.9. The van der Waals surface area contributed by atoms with Crippen LogP contribution in [-0.2, 0) is 4.74 Å². The summed E-state index contributed by atoms with van der Waals surface area (Å²) in [6.07, 6.45) is -0.0730. The van der Waals surface area contributed by atoms with E-state index >= 15 is 0 Å². The number of halogens is 2. The summed E-state index contributed by atoms with van der Waals surface area (Å²) in [6, 6.07) is 4.70. The summed E-state index contributed by atoms with van der Waals surface area (Å²) < 4.78 is 19.8. The average Bonchev–Trinajstić information content (AvgIpc) is 2.36. The lowest BCUT2D eigenvalue weighted by atomic mass is 10.0. The van der Waals surface area contributed by atoms with Gasteiger partial charge in [-0.1, -0.05) is 22.0 Å². The predicted octanol–water partition coefficient (Wildman–Crippen LogP) is 3.15. The highest BCUT2D eigenvalue weighted by Crippen LogP contribution is 2.24. The minimum Gasteiger partial charge on any atom is -0.368 e. The fraction of sp³-hybridized carbons (Fsp3) is 0.533. The quantitative estimate of drug-likeness (QED) is 0.772. The van der Waals surface area contributed by atoms with E-state index in [1.165, 1.54) is 6.07 Å². The lowest BCUT2D eigenvalue weighted by molar-refractivity contribution is -0.116. The van der Waals surface area contributed by atoms with Gasteiger partial charge in [0.05, 0.1) is 17.3 Å². The maximum Gasteiger partial charge on any atom is 0.257 e. The van der Waals surface area contributed by atoms with Gasteiger partial charge in [-0.05, 0) is 38.5 Å². The van der Waals surface area contributed by atoms with E-state index < -0.39 is 11.4 Å². The van der Waals surface area contributed by atoms with Crippen LogP contribution >= 0.6 is 15.9 Å². The molecule has 0 aromatic heterocycles. The van der Waals surface area contributed by atoms with Gasteiger partial charge in [0.25, 0.3) is 5.91 Å². The second kappa shape index (κ2) is 5.82. The highest BCUT2D eigenvalue weighted by molar-refractivity contribution is 9.09. The van der Waals surface area contributed by atoms with Crippen LogP contribution in [0.1, 0.15) is 29.8 Å². The molecule has 0 saturated carbocycles. The zero-order valence-electron chi connectivity index (χ0n) is 12.0. The van der Waals surface area contributed by atoms with Crippen LogP contribution in [0.25, 0.3) is 0 Å². The molecule has 0 N–H and O–H groups in total. The topological polar surface area (TPSA) is 29.5 Å². The van der Waals surface area contributed by atoms with Gasteiger partial charge in [-0.25, -0.2) is 4.39 Å². The number of benzene rings is 1. The third kappa shape index (κ3) is 3.38. The predicted molar refractivity (Wildman–Crippen MR) is 79.8 cm³/mol. The maximum atomic E-state index is 13.9. The second-order valence-corrected chi connectivity index (χ2v) is 6.47. The molecule has 20 heavy (non-hydrogen) atoms. The van der Waals surface area contributed by atoms with Crippen LogP contribution in [-0.4, -0.2) is 40.9 Å². The van der Waals surface area contributed by atoms with Crippen molar-refractivity contribution in [2.75, 3.05) is 18.4 Å². The third-order valence-electron chi connectivity index (χ3n) is 3.30. The van der Waals surface area contributed by atoms with Gasteiger partial charge in [0.2, 0.25) is 0 Å². The Hall–Kier alpha value is -0.940. The number of carbonyl (C=O) groups is 1. The number of rotatable bonds is 2. The molecule has 5 heteroatoms. The average molecular weight is 344 g/mol. The van der Waals surface area contributed by atoms with E-state index in [1.54, 1.807) is 24.0 Å². The molecule has 0 aliphatic carbocycles. The molecule has 1 fully saturated rings. The number of amides is 1. The Balaban J connectivity index is 2.23. The van der Waals surface area contributed by atoms with Crippen LogP contribution in [0.4, 0.5) is 4.39 Å². The molecular weight excluding hydrogens is 325 g/mol. The van der Waals surface area contributed by atoms with E-state index in [9.17, 15) is 9.18 Å². The number of alkyl halides is 1. The van der Waals surface area contributed by atoms with Crippen LogP contribution in [0, 0.1) is 12.7 Å². The van der Waals surface area contributed by atoms with E-state index in [1.807, 2.05) is 13.8 Å². The van der Waals surface area contributed by atoms with E-state index in [4.69, 9.17) is 4.74 Å². The Kier molecular flexibility index (Phi) is 4.49. The largest absolute Gasteiger partial charge is 0.368 e. The molecule has 1 aromatic rings. The molecule has 0 bridgehead atoms. The van der Waals surface area contributed by atoms with E-state index in [2.05, 4.69) is 15.9 Å². The standard InChI is InChI=1S/C15H19BrFNO2/c1-10-4-5-12(13(17)6-10)14(19)18-8-11(7-16)20-15(2,3)9-18/h4-6,11H,7-9H2,1-3H3.